The van der Waals surface area contributed by atoms with Crippen LogP contribution in [-0.4, -0.2) is 16.8 Å². The minimum atomic E-state index is 0.248. The van der Waals surface area contributed by atoms with Crippen LogP contribution < -0.4 is 14.8 Å². The monoisotopic (exact) mass is 305 g/mol. The van der Waals surface area contributed by atoms with E-state index in [4.69, 9.17) is 21.1 Å². The summed E-state index contributed by atoms with van der Waals surface area (Å²) in [6.45, 7) is 5.04. The van der Waals surface area contributed by atoms with Crippen molar-refractivity contribution in [1.29, 1.82) is 0 Å². The lowest BCUT2D eigenvalue weighted by atomic mass is 10.1. The SMILES string of the molecule is CC(C)c1c(Cl)ncnc1NCc1ccc2c(c1)OCO2. The fourth-order valence-corrected chi connectivity index (χ4v) is 2.61. The summed E-state index contributed by atoms with van der Waals surface area (Å²) >= 11 is 6.16. The van der Waals surface area contributed by atoms with Gasteiger partial charge in [-0.2, -0.15) is 0 Å². The molecule has 2 heterocycles. The maximum Gasteiger partial charge on any atom is 0.231 e. The molecule has 0 saturated carbocycles. The molecule has 1 N–H and O–H groups in total. The van der Waals surface area contributed by atoms with E-state index in [-0.39, 0.29) is 12.7 Å². The lowest BCUT2D eigenvalue weighted by Gasteiger charge is -2.14. The Labute approximate surface area is 128 Å². The second-order valence-corrected chi connectivity index (χ2v) is 5.48. The Morgan fingerprint density at radius 3 is 2.86 bits per heavy atom. The lowest BCUT2D eigenvalue weighted by molar-refractivity contribution is 0.174. The minimum Gasteiger partial charge on any atom is -0.454 e. The molecule has 1 aromatic carbocycles. The molecule has 0 radical (unpaired) electrons. The number of hydrogen-bond donors (Lipinski definition) is 1. The summed E-state index contributed by atoms with van der Waals surface area (Å²) in [5.41, 5.74) is 2.02. The summed E-state index contributed by atoms with van der Waals surface area (Å²) in [6, 6.07) is 5.88. The zero-order valence-corrected chi connectivity index (χ0v) is 12.6. The number of halogens is 1. The number of aromatic nitrogens is 2. The van der Waals surface area contributed by atoms with Crippen molar-refractivity contribution >= 4 is 17.4 Å². The van der Waals surface area contributed by atoms with Crippen LogP contribution in [0, 0.1) is 0 Å². The fraction of sp³-hybridized carbons (Fsp3) is 0.333. The molecule has 0 aliphatic carbocycles. The molecule has 110 valence electrons. The van der Waals surface area contributed by atoms with Gasteiger partial charge in [-0.25, -0.2) is 9.97 Å². The number of benzene rings is 1. The predicted molar refractivity (Wildman–Crippen MR) is 81.0 cm³/mol. The first-order valence-electron chi connectivity index (χ1n) is 6.78. The Morgan fingerprint density at radius 1 is 1.24 bits per heavy atom. The molecule has 0 saturated heterocycles. The van der Waals surface area contributed by atoms with Crippen LogP contribution >= 0.6 is 11.6 Å². The molecule has 0 atom stereocenters. The van der Waals surface area contributed by atoms with Crippen LogP contribution in [0.5, 0.6) is 11.5 Å². The van der Waals surface area contributed by atoms with E-state index >= 15 is 0 Å². The Morgan fingerprint density at radius 2 is 2.05 bits per heavy atom. The van der Waals surface area contributed by atoms with Crippen LogP contribution in [-0.2, 0) is 6.54 Å². The summed E-state index contributed by atoms with van der Waals surface area (Å²) in [6.07, 6.45) is 1.47. The number of hydrogen-bond acceptors (Lipinski definition) is 5. The van der Waals surface area contributed by atoms with Crippen LogP contribution in [0.25, 0.3) is 0 Å². The maximum atomic E-state index is 6.16. The van der Waals surface area contributed by atoms with E-state index in [0.29, 0.717) is 11.7 Å². The number of nitrogens with one attached hydrogen (secondary N) is 1. The number of fused-ring (bicyclic) bond motifs is 1. The molecule has 1 aliphatic rings. The standard InChI is InChI=1S/C15H16ClN3O2/c1-9(2)13-14(16)18-7-19-15(13)17-6-10-3-4-11-12(5-10)21-8-20-11/h3-5,7,9H,6,8H2,1-2H3,(H,17,18,19). The largest absolute Gasteiger partial charge is 0.454 e. The van der Waals surface area contributed by atoms with Gasteiger partial charge in [-0.3, -0.25) is 0 Å². The predicted octanol–water partition coefficient (Wildman–Crippen LogP) is 3.59. The zero-order chi connectivity index (χ0) is 14.8. The molecular formula is C15H16ClN3O2. The molecule has 2 aromatic rings. The van der Waals surface area contributed by atoms with Gasteiger partial charge >= 0.3 is 0 Å². The van der Waals surface area contributed by atoms with Crippen molar-refractivity contribution in [1.82, 2.24) is 9.97 Å². The van der Waals surface area contributed by atoms with Gasteiger partial charge in [0, 0.05) is 12.1 Å². The highest BCUT2D eigenvalue weighted by Crippen LogP contribution is 2.33. The normalized spacial score (nSPS) is 12.8. The summed E-state index contributed by atoms with van der Waals surface area (Å²) in [5.74, 6) is 2.58. The van der Waals surface area contributed by atoms with Crippen LogP contribution in [0.4, 0.5) is 5.82 Å². The van der Waals surface area contributed by atoms with Crippen LogP contribution in [0.3, 0.4) is 0 Å². The second kappa shape index (κ2) is 5.77. The van der Waals surface area contributed by atoms with Crippen molar-refractivity contribution in [2.45, 2.75) is 26.3 Å². The van der Waals surface area contributed by atoms with Gasteiger partial charge in [-0.15, -0.1) is 0 Å². The second-order valence-electron chi connectivity index (χ2n) is 5.12. The number of nitrogens with zero attached hydrogens (tertiary/aromatic N) is 2. The highest BCUT2D eigenvalue weighted by molar-refractivity contribution is 6.30. The number of rotatable bonds is 4. The summed E-state index contributed by atoms with van der Waals surface area (Å²) in [7, 11) is 0. The molecule has 0 spiro atoms. The lowest BCUT2D eigenvalue weighted by Crippen LogP contribution is -2.07. The Hall–Kier alpha value is -2.01. The first-order chi connectivity index (χ1) is 10.1. The van der Waals surface area contributed by atoms with Crippen molar-refractivity contribution in [2.24, 2.45) is 0 Å². The van der Waals surface area contributed by atoms with Crippen molar-refractivity contribution in [2.75, 3.05) is 12.1 Å². The van der Waals surface area contributed by atoms with E-state index in [2.05, 4.69) is 29.1 Å². The van der Waals surface area contributed by atoms with Crippen LogP contribution in [0.1, 0.15) is 30.9 Å². The topological polar surface area (TPSA) is 56.3 Å². The maximum absolute atomic E-state index is 6.16. The van der Waals surface area contributed by atoms with E-state index in [9.17, 15) is 0 Å². The first-order valence-corrected chi connectivity index (χ1v) is 7.15. The molecule has 21 heavy (non-hydrogen) atoms. The Bertz CT molecular complexity index is 661. The van der Waals surface area contributed by atoms with Gasteiger partial charge in [-0.1, -0.05) is 31.5 Å². The highest BCUT2D eigenvalue weighted by Gasteiger charge is 2.15. The van der Waals surface area contributed by atoms with Crippen molar-refractivity contribution in [3.63, 3.8) is 0 Å². The van der Waals surface area contributed by atoms with E-state index in [1.54, 1.807) is 0 Å². The van der Waals surface area contributed by atoms with Gasteiger partial charge in [0.05, 0.1) is 0 Å². The first kappa shape index (κ1) is 13.9. The van der Waals surface area contributed by atoms with Crippen molar-refractivity contribution < 1.29 is 9.47 Å². The van der Waals surface area contributed by atoms with Gasteiger partial charge in [0.15, 0.2) is 11.5 Å². The molecule has 6 heteroatoms. The summed E-state index contributed by atoms with van der Waals surface area (Å²) in [4.78, 5) is 8.33. The smallest absolute Gasteiger partial charge is 0.231 e. The average Bonchev–Trinajstić information content (AvgIpc) is 2.92. The van der Waals surface area contributed by atoms with Gasteiger partial charge < -0.3 is 14.8 Å². The molecule has 1 aliphatic heterocycles. The van der Waals surface area contributed by atoms with E-state index in [1.165, 1.54) is 6.33 Å². The highest BCUT2D eigenvalue weighted by atomic mass is 35.5. The Kier molecular flexibility index (Phi) is 3.84. The third-order valence-corrected chi connectivity index (χ3v) is 3.61. The van der Waals surface area contributed by atoms with Gasteiger partial charge in [0.2, 0.25) is 6.79 Å². The molecular weight excluding hydrogens is 290 g/mol. The van der Waals surface area contributed by atoms with E-state index in [1.807, 2.05) is 18.2 Å². The summed E-state index contributed by atoms with van der Waals surface area (Å²) in [5, 5.41) is 3.80. The molecule has 0 unspecified atom stereocenters. The molecule has 3 rings (SSSR count). The molecule has 0 bridgehead atoms. The van der Waals surface area contributed by atoms with Crippen molar-refractivity contribution in [3.8, 4) is 11.5 Å². The number of anilines is 1. The van der Waals surface area contributed by atoms with Crippen LogP contribution in [0.2, 0.25) is 5.15 Å². The van der Waals surface area contributed by atoms with Gasteiger partial charge in [0.25, 0.3) is 0 Å². The quantitative estimate of drug-likeness (QED) is 0.875. The average molecular weight is 306 g/mol. The minimum absolute atomic E-state index is 0.248. The third kappa shape index (κ3) is 2.88. The van der Waals surface area contributed by atoms with E-state index < -0.39 is 0 Å². The number of ether oxygens (including phenoxy) is 2. The molecule has 0 fully saturated rings. The van der Waals surface area contributed by atoms with E-state index in [0.717, 1.165) is 28.4 Å². The molecule has 0 amide bonds. The third-order valence-electron chi connectivity index (χ3n) is 3.31. The van der Waals surface area contributed by atoms with Crippen LogP contribution in [0.15, 0.2) is 24.5 Å². The van der Waals surface area contributed by atoms with Gasteiger partial charge in [-0.05, 0) is 23.6 Å². The Balaban J connectivity index is 1.78. The molecule has 1 aromatic heterocycles. The summed E-state index contributed by atoms with van der Waals surface area (Å²) < 4.78 is 10.7. The fourth-order valence-electron chi connectivity index (χ4n) is 2.26. The van der Waals surface area contributed by atoms with Crippen molar-refractivity contribution in [3.05, 3.63) is 40.8 Å². The zero-order valence-electron chi connectivity index (χ0n) is 11.9. The molecule has 5 nitrogen and oxygen atoms in total. The van der Waals surface area contributed by atoms with Gasteiger partial charge in [0.1, 0.15) is 17.3 Å².